The fraction of sp³-hybridized carbons (Fsp3) is 0.269. The molecule has 3 heterocycles. The third-order valence-corrected chi connectivity index (χ3v) is 6.31. The number of carbonyl (C=O) groups is 2. The molecular weight excluding hydrogens is 459 g/mol. The molecule has 2 aromatic carbocycles. The minimum absolute atomic E-state index is 0.0255. The maximum atomic E-state index is 13.3. The summed E-state index contributed by atoms with van der Waals surface area (Å²) >= 11 is 0. The van der Waals surface area contributed by atoms with Crippen LogP contribution in [0, 0.1) is 0 Å². The van der Waals surface area contributed by atoms with Gasteiger partial charge in [-0.15, -0.1) is 0 Å². The molecule has 0 bridgehead atoms. The molecule has 5 rings (SSSR count). The van der Waals surface area contributed by atoms with Crippen LogP contribution in [0.2, 0.25) is 0 Å². The highest BCUT2D eigenvalue weighted by molar-refractivity contribution is 5.93. The summed E-state index contributed by atoms with van der Waals surface area (Å²) in [6.45, 7) is 0.738. The van der Waals surface area contributed by atoms with Crippen LogP contribution in [0.1, 0.15) is 34.2 Å². The number of carbonyl (C=O) groups excluding carboxylic acids is 2. The van der Waals surface area contributed by atoms with Crippen molar-refractivity contribution < 1.29 is 27.5 Å². The summed E-state index contributed by atoms with van der Waals surface area (Å²) in [5.41, 5.74) is 1.98. The van der Waals surface area contributed by atoms with E-state index in [0.29, 0.717) is 49.7 Å². The van der Waals surface area contributed by atoms with Crippen molar-refractivity contribution in [2.75, 3.05) is 11.9 Å². The van der Waals surface area contributed by atoms with Crippen LogP contribution < -0.4 is 10.1 Å². The number of anilines is 1. The molecule has 2 aliphatic rings. The van der Waals surface area contributed by atoms with E-state index in [4.69, 9.17) is 4.74 Å². The molecule has 0 saturated carbocycles. The van der Waals surface area contributed by atoms with Crippen LogP contribution in [0.15, 0.2) is 54.7 Å². The predicted molar refractivity (Wildman–Crippen MR) is 122 cm³/mol. The summed E-state index contributed by atoms with van der Waals surface area (Å²) in [5.74, 6) is 1.23. The Kier molecular flexibility index (Phi) is 5.92. The zero-order chi connectivity index (χ0) is 24.6. The Hall–Kier alpha value is -3.88. The van der Waals surface area contributed by atoms with Gasteiger partial charge in [-0.3, -0.25) is 9.59 Å². The normalized spacial score (nSPS) is 15.2. The van der Waals surface area contributed by atoms with Gasteiger partial charge in [0.05, 0.1) is 12.0 Å². The van der Waals surface area contributed by atoms with Crippen LogP contribution >= 0.6 is 0 Å². The molecule has 0 atom stereocenters. The standard InChI is InChI=1S/C26H22F3N3O3/c27-26(28,29)21-4-2-1-3-17(21)14-24(34)32-12-10-16-5-6-19(13-18(16)15-32)35-22-9-11-30-25-20(22)7-8-23(33)31-25/h1-6,9,11,13H,7-8,10,12,14-15H2,(H,30,31,33). The number of hydrogen-bond acceptors (Lipinski definition) is 4. The van der Waals surface area contributed by atoms with E-state index in [1.165, 1.54) is 18.2 Å². The van der Waals surface area contributed by atoms with Crippen LogP contribution in [-0.2, 0) is 41.6 Å². The van der Waals surface area contributed by atoms with Gasteiger partial charge < -0.3 is 15.0 Å². The van der Waals surface area contributed by atoms with Crippen LogP contribution in [0.5, 0.6) is 11.5 Å². The molecule has 9 heteroatoms. The summed E-state index contributed by atoms with van der Waals surface area (Å²) in [5, 5.41) is 2.74. The van der Waals surface area contributed by atoms with E-state index >= 15 is 0 Å². The Morgan fingerprint density at radius 3 is 2.71 bits per heavy atom. The number of nitrogens with zero attached hydrogens (tertiary/aromatic N) is 2. The second-order valence-corrected chi connectivity index (χ2v) is 8.61. The SMILES string of the molecule is O=C1CCc2c(Oc3ccc4c(c3)CN(C(=O)Cc3ccccc3C(F)(F)F)CC4)ccnc2N1. The number of nitrogens with one attached hydrogen (secondary N) is 1. The zero-order valence-corrected chi connectivity index (χ0v) is 18.7. The minimum atomic E-state index is -4.51. The highest BCUT2D eigenvalue weighted by Gasteiger charge is 2.34. The number of hydrogen-bond donors (Lipinski definition) is 1. The zero-order valence-electron chi connectivity index (χ0n) is 18.7. The Labute approximate surface area is 199 Å². The lowest BCUT2D eigenvalue weighted by molar-refractivity contribution is -0.138. The number of pyridine rings is 1. The molecule has 1 N–H and O–H groups in total. The Bertz CT molecular complexity index is 1310. The minimum Gasteiger partial charge on any atom is -0.457 e. The summed E-state index contributed by atoms with van der Waals surface area (Å²) < 4.78 is 46.1. The van der Waals surface area contributed by atoms with Crippen molar-refractivity contribution in [3.63, 3.8) is 0 Å². The van der Waals surface area contributed by atoms with Crippen molar-refractivity contribution in [3.05, 3.63) is 82.5 Å². The molecule has 0 fully saturated rings. The van der Waals surface area contributed by atoms with E-state index in [9.17, 15) is 22.8 Å². The first-order valence-electron chi connectivity index (χ1n) is 11.3. The predicted octanol–water partition coefficient (Wildman–Crippen LogP) is 4.90. The average molecular weight is 481 g/mol. The Balaban J connectivity index is 1.32. The number of benzene rings is 2. The molecule has 3 aromatic rings. The van der Waals surface area contributed by atoms with E-state index in [2.05, 4.69) is 10.3 Å². The summed E-state index contributed by atoms with van der Waals surface area (Å²) in [6, 6.07) is 12.6. The molecule has 2 amide bonds. The Morgan fingerprint density at radius 1 is 1.06 bits per heavy atom. The van der Waals surface area contributed by atoms with Crippen molar-refractivity contribution in [1.29, 1.82) is 0 Å². The van der Waals surface area contributed by atoms with Crippen molar-refractivity contribution >= 4 is 17.6 Å². The molecule has 0 radical (unpaired) electrons. The quantitative estimate of drug-likeness (QED) is 0.575. The van der Waals surface area contributed by atoms with Crippen molar-refractivity contribution in [1.82, 2.24) is 9.88 Å². The molecule has 180 valence electrons. The van der Waals surface area contributed by atoms with Crippen LogP contribution in [-0.4, -0.2) is 28.2 Å². The number of fused-ring (bicyclic) bond motifs is 2. The first kappa shape index (κ1) is 22.9. The summed E-state index contributed by atoms with van der Waals surface area (Å²) in [7, 11) is 0. The number of alkyl halides is 3. The molecule has 0 aliphatic carbocycles. The van der Waals surface area contributed by atoms with Gasteiger partial charge in [-0.2, -0.15) is 13.2 Å². The molecule has 0 spiro atoms. The average Bonchev–Trinajstić information content (AvgIpc) is 2.83. The van der Waals surface area contributed by atoms with E-state index in [-0.39, 0.29) is 23.8 Å². The first-order valence-corrected chi connectivity index (χ1v) is 11.3. The summed E-state index contributed by atoms with van der Waals surface area (Å²) in [6.07, 6.45) is -1.76. The monoisotopic (exact) mass is 481 g/mol. The van der Waals surface area contributed by atoms with E-state index in [1.54, 1.807) is 17.2 Å². The van der Waals surface area contributed by atoms with Gasteiger partial charge in [0.25, 0.3) is 0 Å². The molecule has 35 heavy (non-hydrogen) atoms. The lowest BCUT2D eigenvalue weighted by Crippen LogP contribution is -2.37. The number of aromatic nitrogens is 1. The fourth-order valence-corrected chi connectivity index (χ4v) is 4.52. The molecular formula is C26H22F3N3O3. The topological polar surface area (TPSA) is 71.5 Å². The maximum absolute atomic E-state index is 13.3. The number of rotatable bonds is 4. The fourth-order valence-electron chi connectivity index (χ4n) is 4.52. The molecule has 0 saturated heterocycles. The highest BCUT2D eigenvalue weighted by atomic mass is 19.4. The molecule has 6 nitrogen and oxygen atoms in total. The van der Waals surface area contributed by atoms with Crippen molar-refractivity contribution in [2.24, 2.45) is 0 Å². The highest BCUT2D eigenvalue weighted by Crippen LogP contribution is 2.35. The first-order chi connectivity index (χ1) is 16.8. The number of halogens is 3. The van der Waals surface area contributed by atoms with Gasteiger partial charge >= 0.3 is 6.18 Å². The third-order valence-electron chi connectivity index (χ3n) is 6.31. The van der Waals surface area contributed by atoms with Gasteiger partial charge in [-0.1, -0.05) is 24.3 Å². The number of amides is 2. The summed E-state index contributed by atoms with van der Waals surface area (Å²) in [4.78, 5) is 30.3. The molecule has 1 aromatic heterocycles. The Morgan fingerprint density at radius 2 is 1.89 bits per heavy atom. The molecule has 0 unspecified atom stereocenters. The van der Waals surface area contributed by atoms with E-state index < -0.39 is 11.7 Å². The van der Waals surface area contributed by atoms with Crippen molar-refractivity contribution in [2.45, 2.75) is 38.4 Å². The van der Waals surface area contributed by atoms with E-state index in [0.717, 1.165) is 22.8 Å². The molecule has 2 aliphatic heterocycles. The maximum Gasteiger partial charge on any atom is 0.416 e. The largest absolute Gasteiger partial charge is 0.457 e. The van der Waals surface area contributed by atoms with Gasteiger partial charge in [-0.25, -0.2) is 4.98 Å². The number of ether oxygens (including phenoxy) is 1. The smallest absolute Gasteiger partial charge is 0.416 e. The van der Waals surface area contributed by atoms with Crippen LogP contribution in [0.25, 0.3) is 0 Å². The second-order valence-electron chi connectivity index (χ2n) is 8.61. The van der Waals surface area contributed by atoms with Crippen LogP contribution in [0.4, 0.5) is 19.0 Å². The van der Waals surface area contributed by atoms with Gasteiger partial charge in [0.1, 0.15) is 17.3 Å². The third kappa shape index (κ3) is 4.84. The van der Waals surface area contributed by atoms with Gasteiger partial charge in [-0.05, 0) is 53.8 Å². The lowest BCUT2D eigenvalue weighted by atomic mass is 9.98. The van der Waals surface area contributed by atoms with Gasteiger partial charge in [0.2, 0.25) is 11.8 Å². The van der Waals surface area contributed by atoms with Gasteiger partial charge in [0.15, 0.2) is 0 Å². The van der Waals surface area contributed by atoms with E-state index in [1.807, 2.05) is 18.2 Å². The second kappa shape index (κ2) is 9.05. The van der Waals surface area contributed by atoms with Gasteiger partial charge in [0, 0.05) is 31.3 Å². The lowest BCUT2D eigenvalue weighted by Gasteiger charge is -2.29. The van der Waals surface area contributed by atoms with Crippen molar-refractivity contribution in [3.8, 4) is 11.5 Å². The van der Waals surface area contributed by atoms with Crippen LogP contribution in [0.3, 0.4) is 0 Å².